The van der Waals surface area contributed by atoms with E-state index in [2.05, 4.69) is 27.5 Å². The molecule has 2 N–H and O–H groups in total. The summed E-state index contributed by atoms with van der Waals surface area (Å²) >= 11 is 0. The summed E-state index contributed by atoms with van der Waals surface area (Å²) in [7, 11) is 2.13. The number of alkyl carbamates (subject to hydrolysis) is 1. The molecule has 0 bridgehead atoms. The normalized spacial score (nSPS) is 15.6. The van der Waals surface area contributed by atoms with Crippen LogP contribution in [0, 0.1) is 0 Å². The number of hydrogen-bond donors (Lipinski definition) is 2. The van der Waals surface area contributed by atoms with Crippen LogP contribution in [0.3, 0.4) is 0 Å². The topological polar surface area (TPSA) is 73.9 Å². The van der Waals surface area contributed by atoms with E-state index in [4.69, 9.17) is 4.74 Å². The number of nitrogens with one attached hydrogen (secondary N) is 2. The average Bonchev–Trinajstić information content (AvgIpc) is 2.53. The van der Waals surface area contributed by atoms with Gasteiger partial charge in [0.1, 0.15) is 12.1 Å². The highest BCUT2D eigenvalue weighted by Gasteiger charge is 2.17. The van der Waals surface area contributed by atoms with Crippen molar-refractivity contribution in [1.82, 2.24) is 10.2 Å². The molecule has 1 fully saturated rings. The lowest BCUT2D eigenvalue weighted by Crippen LogP contribution is -2.44. The van der Waals surface area contributed by atoms with Gasteiger partial charge in [-0.05, 0) is 52.1 Å². The molecule has 0 aliphatic carbocycles. The fourth-order valence-corrected chi connectivity index (χ4v) is 2.49. The van der Waals surface area contributed by atoms with Crippen LogP contribution >= 0.6 is 0 Å². The second-order valence-electron chi connectivity index (χ2n) is 7.24. The van der Waals surface area contributed by atoms with Gasteiger partial charge in [-0.3, -0.25) is 4.79 Å². The molecule has 1 heterocycles. The Bertz CT molecular complexity index is 587. The van der Waals surface area contributed by atoms with Crippen LogP contribution in [0.1, 0.15) is 20.8 Å². The molecule has 2 amide bonds. The van der Waals surface area contributed by atoms with Crippen LogP contribution in [0.15, 0.2) is 24.3 Å². The molecule has 2 rings (SSSR count). The van der Waals surface area contributed by atoms with Crippen LogP contribution < -0.4 is 15.5 Å². The van der Waals surface area contributed by atoms with Crippen LogP contribution in [0.2, 0.25) is 0 Å². The van der Waals surface area contributed by atoms with E-state index in [9.17, 15) is 9.59 Å². The number of nitrogens with zero attached hydrogens (tertiary/aromatic N) is 2. The van der Waals surface area contributed by atoms with E-state index in [1.807, 2.05) is 24.3 Å². The Morgan fingerprint density at radius 3 is 2.24 bits per heavy atom. The van der Waals surface area contributed by atoms with Gasteiger partial charge in [-0.15, -0.1) is 0 Å². The van der Waals surface area contributed by atoms with Crippen LogP contribution in [-0.4, -0.2) is 62.3 Å². The Balaban J connectivity index is 1.78. The fourth-order valence-electron chi connectivity index (χ4n) is 2.49. The summed E-state index contributed by atoms with van der Waals surface area (Å²) in [4.78, 5) is 28.1. The van der Waals surface area contributed by atoms with Crippen molar-refractivity contribution >= 4 is 23.4 Å². The lowest BCUT2D eigenvalue weighted by molar-refractivity contribution is -0.115. The highest BCUT2D eigenvalue weighted by molar-refractivity contribution is 5.94. The average molecular weight is 348 g/mol. The summed E-state index contributed by atoms with van der Waals surface area (Å²) in [6.45, 7) is 9.29. The van der Waals surface area contributed by atoms with Gasteiger partial charge >= 0.3 is 6.09 Å². The maximum atomic E-state index is 11.9. The second kappa shape index (κ2) is 8.20. The number of likely N-dealkylation sites (N-methyl/N-ethyl adjacent to an activating group) is 1. The molecule has 7 heteroatoms. The molecule has 0 unspecified atom stereocenters. The third-order valence-electron chi connectivity index (χ3n) is 3.81. The van der Waals surface area contributed by atoms with Gasteiger partial charge in [0.05, 0.1) is 0 Å². The van der Waals surface area contributed by atoms with Gasteiger partial charge in [-0.25, -0.2) is 4.79 Å². The molecule has 0 radical (unpaired) electrons. The van der Waals surface area contributed by atoms with Gasteiger partial charge in [0.25, 0.3) is 0 Å². The van der Waals surface area contributed by atoms with Crippen LogP contribution in [0.4, 0.5) is 16.2 Å². The minimum absolute atomic E-state index is 0.130. The predicted molar refractivity (Wildman–Crippen MR) is 99.0 cm³/mol. The minimum Gasteiger partial charge on any atom is -0.444 e. The highest BCUT2D eigenvalue weighted by atomic mass is 16.6. The minimum atomic E-state index is -0.604. The van der Waals surface area contributed by atoms with Crippen molar-refractivity contribution in [2.45, 2.75) is 26.4 Å². The van der Waals surface area contributed by atoms with E-state index in [0.717, 1.165) is 31.9 Å². The lowest BCUT2D eigenvalue weighted by Gasteiger charge is -2.34. The number of benzene rings is 1. The summed E-state index contributed by atoms with van der Waals surface area (Å²) in [5.41, 5.74) is 1.27. The molecule has 138 valence electrons. The van der Waals surface area contributed by atoms with Crippen molar-refractivity contribution < 1.29 is 14.3 Å². The van der Waals surface area contributed by atoms with E-state index in [1.54, 1.807) is 20.8 Å². The molecule has 25 heavy (non-hydrogen) atoms. The van der Waals surface area contributed by atoms with Crippen LogP contribution in [0.5, 0.6) is 0 Å². The van der Waals surface area contributed by atoms with Gasteiger partial charge in [0.15, 0.2) is 0 Å². The summed E-state index contributed by atoms with van der Waals surface area (Å²) in [5.74, 6) is -0.293. The number of amides is 2. The molecule has 1 aliphatic rings. The molecule has 0 aromatic heterocycles. The van der Waals surface area contributed by atoms with Crippen molar-refractivity contribution in [2.24, 2.45) is 0 Å². The van der Waals surface area contributed by atoms with Crippen molar-refractivity contribution in [2.75, 3.05) is 50.0 Å². The molecule has 7 nitrogen and oxygen atoms in total. The van der Waals surface area contributed by atoms with Gasteiger partial charge in [0.2, 0.25) is 5.91 Å². The first-order chi connectivity index (χ1) is 11.7. The molecule has 1 aliphatic heterocycles. The van der Waals surface area contributed by atoms with E-state index in [1.165, 1.54) is 0 Å². The monoisotopic (exact) mass is 348 g/mol. The Labute approximate surface area is 149 Å². The quantitative estimate of drug-likeness (QED) is 0.869. The molecule has 0 saturated carbocycles. The van der Waals surface area contributed by atoms with Crippen molar-refractivity contribution in [3.8, 4) is 0 Å². The summed E-state index contributed by atoms with van der Waals surface area (Å²) in [6, 6.07) is 7.75. The molecule has 1 aromatic carbocycles. The van der Waals surface area contributed by atoms with Crippen LogP contribution in [0.25, 0.3) is 0 Å². The third-order valence-corrected chi connectivity index (χ3v) is 3.81. The first-order valence-corrected chi connectivity index (χ1v) is 8.53. The third kappa shape index (κ3) is 6.62. The zero-order valence-corrected chi connectivity index (χ0v) is 15.5. The van der Waals surface area contributed by atoms with E-state index in [0.29, 0.717) is 5.69 Å². The summed E-state index contributed by atoms with van der Waals surface area (Å²) in [6.07, 6.45) is -0.604. The number of carbonyl (C=O) groups excluding carboxylic acids is 2. The number of anilines is 2. The molecule has 0 spiro atoms. The standard InChI is InChI=1S/C18H28N4O3/c1-18(2,3)25-17(24)19-13-16(23)20-14-5-7-15(8-6-14)22-11-9-21(4)10-12-22/h5-8H,9-13H2,1-4H3,(H,19,24)(H,20,23). The number of rotatable bonds is 4. The van der Waals surface area contributed by atoms with Gasteiger partial charge < -0.3 is 25.2 Å². The predicted octanol–water partition coefficient (Wildman–Crippen LogP) is 1.90. The lowest BCUT2D eigenvalue weighted by atomic mass is 10.2. The van der Waals surface area contributed by atoms with Gasteiger partial charge in [-0.1, -0.05) is 0 Å². The fraction of sp³-hybridized carbons (Fsp3) is 0.556. The SMILES string of the molecule is CN1CCN(c2ccc(NC(=O)CNC(=O)OC(C)(C)C)cc2)CC1. The number of ether oxygens (including phenoxy) is 1. The molecular weight excluding hydrogens is 320 g/mol. The maximum Gasteiger partial charge on any atom is 0.408 e. The zero-order valence-electron chi connectivity index (χ0n) is 15.5. The van der Waals surface area contributed by atoms with E-state index >= 15 is 0 Å². The molecule has 1 saturated heterocycles. The number of hydrogen-bond acceptors (Lipinski definition) is 5. The summed E-state index contributed by atoms with van der Waals surface area (Å²) in [5, 5.41) is 5.20. The van der Waals surface area contributed by atoms with E-state index < -0.39 is 11.7 Å². The second-order valence-corrected chi connectivity index (χ2v) is 7.24. The molecule has 1 aromatic rings. The summed E-state index contributed by atoms with van der Waals surface area (Å²) < 4.78 is 5.09. The first kappa shape index (κ1) is 19.1. The smallest absolute Gasteiger partial charge is 0.408 e. The highest BCUT2D eigenvalue weighted by Crippen LogP contribution is 2.19. The Hall–Kier alpha value is -2.28. The Kier molecular flexibility index (Phi) is 6.25. The first-order valence-electron chi connectivity index (χ1n) is 8.53. The van der Waals surface area contributed by atoms with Gasteiger partial charge in [0, 0.05) is 37.6 Å². The maximum absolute atomic E-state index is 11.9. The zero-order chi connectivity index (χ0) is 18.4. The van der Waals surface area contributed by atoms with Crippen molar-refractivity contribution in [3.05, 3.63) is 24.3 Å². The number of piperazine rings is 1. The Morgan fingerprint density at radius 1 is 1.08 bits per heavy atom. The van der Waals surface area contributed by atoms with Crippen molar-refractivity contribution in [3.63, 3.8) is 0 Å². The molecular formula is C18H28N4O3. The Morgan fingerprint density at radius 2 is 1.68 bits per heavy atom. The van der Waals surface area contributed by atoms with Crippen LogP contribution in [-0.2, 0) is 9.53 Å². The van der Waals surface area contributed by atoms with Gasteiger partial charge in [-0.2, -0.15) is 0 Å². The number of carbonyl (C=O) groups is 2. The van der Waals surface area contributed by atoms with Crippen molar-refractivity contribution in [1.29, 1.82) is 0 Å². The van der Waals surface area contributed by atoms with E-state index in [-0.39, 0.29) is 12.5 Å². The largest absolute Gasteiger partial charge is 0.444 e. The molecule has 0 atom stereocenters.